The van der Waals surface area contributed by atoms with Crippen LogP contribution in [0.15, 0.2) is 54.6 Å². The molecule has 0 aliphatic heterocycles. The third-order valence-electron chi connectivity index (χ3n) is 6.40. The number of nitrogens with one attached hydrogen (secondary N) is 3. The van der Waals surface area contributed by atoms with Gasteiger partial charge in [0.1, 0.15) is 30.8 Å². The molecule has 0 aliphatic rings. The fourth-order valence-corrected chi connectivity index (χ4v) is 4.34. The minimum absolute atomic E-state index is 0.0913. The summed E-state index contributed by atoms with van der Waals surface area (Å²) in [6.07, 6.45) is 2.17. The number of hydrogen-bond donors (Lipinski definition) is 5. The predicted molar refractivity (Wildman–Crippen MR) is 165 cm³/mol. The number of rotatable bonds is 17. The highest BCUT2D eigenvalue weighted by Gasteiger charge is 2.29. The molecule has 12 nitrogen and oxygen atoms in total. The summed E-state index contributed by atoms with van der Waals surface area (Å²) in [5, 5.41) is 26.7. The largest absolute Gasteiger partial charge is 0.480 e. The lowest BCUT2D eigenvalue weighted by Crippen LogP contribution is -2.55. The molecule has 0 fully saturated rings. The second-order valence-corrected chi connectivity index (χ2v) is 11.5. The molecule has 240 valence electrons. The molecule has 0 bridgehead atoms. The molecular formula is C32H44N4O8. The zero-order valence-corrected chi connectivity index (χ0v) is 25.8. The number of anilines is 1. The summed E-state index contributed by atoms with van der Waals surface area (Å²) in [6, 6.07) is 13.5. The Morgan fingerprint density at radius 3 is 1.84 bits per heavy atom. The fourth-order valence-electron chi connectivity index (χ4n) is 4.34. The average Bonchev–Trinajstić information content (AvgIpc) is 2.93. The molecule has 0 saturated carbocycles. The van der Waals surface area contributed by atoms with Crippen LogP contribution in [0.4, 0.5) is 10.5 Å². The second-order valence-electron chi connectivity index (χ2n) is 11.5. The van der Waals surface area contributed by atoms with Gasteiger partial charge in [-0.3, -0.25) is 19.2 Å². The number of hydrogen-bond acceptors (Lipinski definition) is 7. The van der Waals surface area contributed by atoms with Crippen LogP contribution < -0.4 is 20.9 Å². The molecule has 2 atom stereocenters. The van der Waals surface area contributed by atoms with E-state index >= 15 is 0 Å². The van der Waals surface area contributed by atoms with E-state index in [0.29, 0.717) is 17.8 Å². The molecular weight excluding hydrogens is 568 g/mol. The lowest BCUT2D eigenvalue weighted by atomic mass is 10.0. The predicted octanol–water partition coefficient (Wildman–Crippen LogP) is 3.13. The summed E-state index contributed by atoms with van der Waals surface area (Å²) in [7, 11) is 0. The first-order valence-corrected chi connectivity index (χ1v) is 14.7. The Morgan fingerprint density at radius 1 is 0.773 bits per heavy atom. The Labute approximate surface area is 258 Å². The van der Waals surface area contributed by atoms with Crippen LogP contribution in [0.3, 0.4) is 0 Å². The Bertz CT molecular complexity index is 1230. The molecule has 0 heterocycles. The van der Waals surface area contributed by atoms with Crippen molar-refractivity contribution in [2.24, 2.45) is 0 Å². The summed E-state index contributed by atoms with van der Waals surface area (Å²) < 4.78 is 5.37. The van der Waals surface area contributed by atoms with Crippen molar-refractivity contribution in [3.8, 4) is 0 Å². The molecule has 0 aromatic heterocycles. The number of aliphatic carboxylic acids is 2. The summed E-state index contributed by atoms with van der Waals surface area (Å²) in [5.74, 6) is -3.32. The van der Waals surface area contributed by atoms with Gasteiger partial charge in [0.15, 0.2) is 0 Å². The molecule has 2 aromatic carbocycles. The first-order chi connectivity index (χ1) is 20.8. The number of amides is 3. The van der Waals surface area contributed by atoms with Gasteiger partial charge < -0.3 is 35.8 Å². The third-order valence-corrected chi connectivity index (χ3v) is 6.40. The molecule has 0 aliphatic carbocycles. The maximum Gasteiger partial charge on any atom is 0.408 e. The van der Waals surface area contributed by atoms with Crippen LogP contribution in [0.25, 0.3) is 0 Å². The summed E-state index contributed by atoms with van der Waals surface area (Å²) in [5.41, 5.74) is 1.04. The number of nitrogens with zero attached hydrogens (tertiary/aromatic N) is 1. The number of benzene rings is 2. The molecule has 12 heteroatoms. The van der Waals surface area contributed by atoms with Gasteiger partial charge in [0.05, 0.1) is 0 Å². The lowest BCUT2D eigenvalue weighted by Gasteiger charge is -2.26. The van der Waals surface area contributed by atoms with Gasteiger partial charge in [-0.05, 0) is 50.5 Å². The molecule has 5 N–H and O–H groups in total. The number of ether oxygens (including phenoxy) is 1. The maximum absolute atomic E-state index is 13.6. The lowest BCUT2D eigenvalue weighted by molar-refractivity contribution is -0.136. The molecule has 0 saturated heterocycles. The van der Waals surface area contributed by atoms with Crippen LogP contribution in [0.5, 0.6) is 0 Å². The minimum atomic E-state index is -1.18. The van der Waals surface area contributed by atoms with Crippen molar-refractivity contribution in [1.82, 2.24) is 16.0 Å². The summed E-state index contributed by atoms with van der Waals surface area (Å²) in [4.78, 5) is 63.2. The number of carbonyl (C=O) groups is 5. The Balaban J connectivity index is 2.29. The van der Waals surface area contributed by atoms with E-state index in [-0.39, 0.29) is 12.8 Å². The van der Waals surface area contributed by atoms with E-state index in [1.807, 2.05) is 37.3 Å². The highest BCUT2D eigenvalue weighted by molar-refractivity contribution is 5.91. The van der Waals surface area contributed by atoms with Crippen molar-refractivity contribution in [3.63, 3.8) is 0 Å². The van der Waals surface area contributed by atoms with Crippen molar-refractivity contribution >= 4 is 35.5 Å². The first-order valence-electron chi connectivity index (χ1n) is 14.7. The Hall–Kier alpha value is -4.61. The van der Waals surface area contributed by atoms with Crippen molar-refractivity contribution in [2.75, 3.05) is 24.5 Å². The Morgan fingerprint density at radius 2 is 1.32 bits per heavy atom. The fraction of sp³-hybridized carbons (Fsp3) is 0.469. The van der Waals surface area contributed by atoms with E-state index in [1.165, 1.54) is 4.90 Å². The van der Waals surface area contributed by atoms with Gasteiger partial charge in [0, 0.05) is 25.1 Å². The molecule has 44 heavy (non-hydrogen) atoms. The molecule has 0 radical (unpaired) electrons. The van der Waals surface area contributed by atoms with Crippen LogP contribution in [0.2, 0.25) is 0 Å². The average molecular weight is 613 g/mol. The van der Waals surface area contributed by atoms with Crippen LogP contribution in [0, 0.1) is 0 Å². The molecule has 2 rings (SSSR count). The molecule has 2 unspecified atom stereocenters. The van der Waals surface area contributed by atoms with E-state index in [0.717, 1.165) is 24.8 Å². The summed E-state index contributed by atoms with van der Waals surface area (Å²) in [6.45, 7) is 6.62. The number of carbonyl (C=O) groups excluding carboxylic acids is 3. The van der Waals surface area contributed by atoms with E-state index in [9.17, 15) is 34.2 Å². The normalized spacial score (nSPS) is 12.4. The van der Waals surface area contributed by atoms with Crippen LogP contribution >= 0.6 is 0 Å². The quantitative estimate of drug-likeness (QED) is 0.168. The monoisotopic (exact) mass is 612 g/mol. The van der Waals surface area contributed by atoms with Gasteiger partial charge in [-0.25, -0.2) is 4.79 Å². The first kappa shape index (κ1) is 35.6. The summed E-state index contributed by atoms with van der Waals surface area (Å²) >= 11 is 0. The number of unbranched alkanes of at least 4 members (excludes halogenated alkanes) is 2. The van der Waals surface area contributed by atoms with E-state index < -0.39 is 60.6 Å². The second kappa shape index (κ2) is 17.5. The van der Waals surface area contributed by atoms with Gasteiger partial charge in [0.25, 0.3) is 0 Å². The van der Waals surface area contributed by atoms with Gasteiger partial charge >= 0.3 is 18.0 Å². The number of alkyl carbamates (subject to hydrolysis) is 1. The van der Waals surface area contributed by atoms with Crippen molar-refractivity contribution in [1.29, 1.82) is 0 Å². The molecule has 0 spiro atoms. The zero-order valence-electron chi connectivity index (χ0n) is 25.8. The van der Waals surface area contributed by atoms with Crippen LogP contribution in [-0.4, -0.2) is 77.4 Å². The van der Waals surface area contributed by atoms with Gasteiger partial charge in [-0.2, -0.15) is 0 Å². The Kier molecular flexibility index (Phi) is 14.1. The van der Waals surface area contributed by atoms with Crippen LogP contribution in [0.1, 0.15) is 58.1 Å². The van der Waals surface area contributed by atoms with E-state index in [2.05, 4.69) is 16.0 Å². The number of carboxylic acid groups (broad SMARTS) is 2. The van der Waals surface area contributed by atoms with Gasteiger partial charge in [-0.15, -0.1) is 0 Å². The molecule has 3 amide bonds. The smallest absolute Gasteiger partial charge is 0.408 e. The SMILES string of the molecule is CCCCCNC(=O)C(Cc1ccc(N(CC(=O)O)CC(=O)O)cc1)NC(=O)C(Cc1ccccc1)NC(=O)OC(C)(C)C. The highest BCUT2D eigenvalue weighted by atomic mass is 16.6. The maximum atomic E-state index is 13.6. The van der Waals surface area contributed by atoms with Crippen molar-refractivity contribution < 1.29 is 38.9 Å². The van der Waals surface area contributed by atoms with Crippen LogP contribution in [-0.2, 0) is 36.8 Å². The van der Waals surface area contributed by atoms with Gasteiger partial charge in [0.2, 0.25) is 11.8 Å². The van der Waals surface area contributed by atoms with E-state index in [1.54, 1.807) is 45.0 Å². The topological polar surface area (TPSA) is 174 Å². The molecule has 2 aromatic rings. The zero-order chi connectivity index (χ0) is 32.7. The van der Waals surface area contributed by atoms with Gasteiger partial charge in [-0.1, -0.05) is 62.2 Å². The van der Waals surface area contributed by atoms with E-state index in [4.69, 9.17) is 4.74 Å². The van der Waals surface area contributed by atoms with Crippen molar-refractivity contribution in [3.05, 3.63) is 65.7 Å². The van der Waals surface area contributed by atoms with Crippen molar-refractivity contribution in [2.45, 2.75) is 77.5 Å². The number of carboxylic acids is 2. The standard InChI is InChI=1S/C32H44N4O8/c1-5-6-10-17-33-29(41)25(19-23-13-15-24(16-14-23)36(20-27(37)38)21-28(39)40)34-30(42)26(18-22-11-8-7-9-12-22)35-31(43)44-32(2,3)4/h7-9,11-16,25-26H,5-6,10,17-21H2,1-4H3,(H,33,41)(H,34,42)(H,35,43)(H,37,38)(H,39,40). The minimum Gasteiger partial charge on any atom is -0.480 e. The third kappa shape index (κ3) is 13.6. The highest BCUT2D eigenvalue weighted by Crippen LogP contribution is 2.17.